The van der Waals surface area contributed by atoms with Crippen LogP contribution in [-0.2, 0) is 14.3 Å². The molecular weight excluding hydrogens is 542 g/mol. The molecule has 3 atom stereocenters. The Kier molecular flexibility index (Phi) is 14.0. The van der Waals surface area contributed by atoms with Gasteiger partial charge in [0.15, 0.2) is 0 Å². The summed E-state index contributed by atoms with van der Waals surface area (Å²) in [5.74, 6) is -0.133. The van der Waals surface area contributed by atoms with E-state index in [0.717, 1.165) is 48.8 Å². The van der Waals surface area contributed by atoms with Gasteiger partial charge in [0.1, 0.15) is 23.4 Å². The fourth-order valence-corrected chi connectivity index (χ4v) is 5.07. The van der Waals surface area contributed by atoms with Crippen LogP contribution in [0.1, 0.15) is 103 Å². The minimum atomic E-state index is -0.911. The second-order valence-corrected chi connectivity index (χ2v) is 12.5. The summed E-state index contributed by atoms with van der Waals surface area (Å²) < 4.78 is 10.8. The highest BCUT2D eigenvalue weighted by molar-refractivity contribution is 5.99. The number of rotatable bonds is 15. The molecule has 2 rings (SSSR count). The van der Waals surface area contributed by atoms with E-state index in [2.05, 4.69) is 17.6 Å². The molecule has 8 heteroatoms. The molecule has 0 radical (unpaired) electrons. The molecule has 43 heavy (non-hydrogen) atoms. The molecule has 0 fully saturated rings. The molecule has 0 aromatic heterocycles. The van der Waals surface area contributed by atoms with E-state index >= 15 is 0 Å². The molecule has 0 aliphatic carbocycles. The van der Waals surface area contributed by atoms with Crippen LogP contribution in [0.2, 0.25) is 0 Å². The predicted octanol–water partition coefficient (Wildman–Crippen LogP) is 7.73. The number of amides is 3. The minimum absolute atomic E-state index is 0.188. The summed E-state index contributed by atoms with van der Waals surface area (Å²) in [6, 6.07) is 11.3. The molecule has 2 N–H and O–H groups in total. The van der Waals surface area contributed by atoms with Gasteiger partial charge in [-0.1, -0.05) is 82.2 Å². The second kappa shape index (κ2) is 16.9. The Hall–Kier alpha value is -3.55. The van der Waals surface area contributed by atoms with Crippen molar-refractivity contribution in [1.82, 2.24) is 10.2 Å². The van der Waals surface area contributed by atoms with Crippen molar-refractivity contribution in [3.8, 4) is 5.75 Å². The lowest BCUT2D eigenvalue weighted by Crippen LogP contribution is -2.55. The van der Waals surface area contributed by atoms with Gasteiger partial charge in [-0.05, 0) is 76.8 Å². The van der Waals surface area contributed by atoms with Crippen molar-refractivity contribution in [2.75, 3.05) is 19.0 Å². The second-order valence-electron chi connectivity index (χ2n) is 12.5. The lowest BCUT2D eigenvalue weighted by Gasteiger charge is -2.36. The van der Waals surface area contributed by atoms with E-state index < -0.39 is 23.8 Å². The Morgan fingerprint density at radius 3 is 2.05 bits per heavy atom. The highest BCUT2D eigenvalue weighted by Gasteiger charge is 2.38. The maximum absolute atomic E-state index is 14.5. The quantitative estimate of drug-likeness (QED) is 0.205. The molecule has 3 unspecified atom stereocenters. The Morgan fingerprint density at radius 1 is 0.907 bits per heavy atom. The number of aryl methyl sites for hydroxylation is 2. The molecule has 0 heterocycles. The topological polar surface area (TPSA) is 97.0 Å². The van der Waals surface area contributed by atoms with Crippen molar-refractivity contribution in [2.24, 2.45) is 5.92 Å². The summed E-state index contributed by atoms with van der Waals surface area (Å²) in [7, 11) is 1.59. The number of unbranched alkanes of at least 4 members (excludes halogenated alkanes) is 4. The normalized spacial score (nSPS) is 13.4. The van der Waals surface area contributed by atoms with Gasteiger partial charge in [0.2, 0.25) is 5.91 Å². The number of carbonyl (C=O) groups excluding carboxylic acids is 3. The number of ether oxygens (including phenoxy) is 2. The number of hydrogen-bond donors (Lipinski definition) is 2. The monoisotopic (exact) mass is 595 g/mol. The molecule has 2 aromatic carbocycles. The van der Waals surface area contributed by atoms with Crippen LogP contribution in [0, 0.1) is 19.8 Å². The lowest BCUT2D eigenvalue weighted by molar-refractivity contribution is -0.142. The van der Waals surface area contributed by atoms with E-state index in [9.17, 15) is 14.4 Å². The van der Waals surface area contributed by atoms with E-state index in [1.54, 1.807) is 57.0 Å². The first-order chi connectivity index (χ1) is 20.3. The van der Waals surface area contributed by atoms with Gasteiger partial charge in [-0.15, -0.1) is 0 Å². The Labute approximate surface area is 258 Å². The minimum Gasteiger partial charge on any atom is -0.497 e. The first kappa shape index (κ1) is 35.6. The highest BCUT2D eigenvalue weighted by Crippen LogP contribution is 2.29. The first-order valence-electron chi connectivity index (χ1n) is 15.6. The van der Waals surface area contributed by atoms with E-state index in [1.807, 2.05) is 45.9 Å². The van der Waals surface area contributed by atoms with Gasteiger partial charge in [-0.3, -0.25) is 9.59 Å². The van der Waals surface area contributed by atoms with Gasteiger partial charge in [0.25, 0.3) is 5.91 Å². The summed E-state index contributed by atoms with van der Waals surface area (Å²) in [6.45, 7) is 15.8. The Morgan fingerprint density at radius 2 is 1.51 bits per heavy atom. The average molecular weight is 596 g/mol. The van der Waals surface area contributed by atoms with Crippen molar-refractivity contribution < 1.29 is 23.9 Å². The third-order valence-corrected chi connectivity index (χ3v) is 7.41. The summed E-state index contributed by atoms with van der Waals surface area (Å²) in [5, 5.41) is 5.88. The van der Waals surface area contributed by atoms with Gasteiger partial charge in [-0.25, -0.2) is 4.79 Å². The molecule has 2 aromatic rings. The maximum Gasteiger partial charge on any atom is 0.408 e. The molecule has 0 bridgehead atoms. The lowest BCUT2D eigenvalue weighted by atomic mass is 9.94. The van der Waals surface area contributed by atoms with Crippen LogP contribution >= 0.6 is 0 Å². The number of hydrogen-bond acceptors (Lipinski definition) is 5. The van der Waals surface area contributed by atoms with Gasteiger partial charge < -0.3 is 25.0 Å². The van der Waals surface area contributed by atoms with Crippen LogP contribution in [0.25, 0.3) is 0 Å². The van der Waals surface area contributed by atoms with Crippen molar-refractivity contribution in [1.29, 1.82) is 0 Å². The van der Waals surface area contributed by atoms with Crippen LogP contribution in [-0.4, -0.2) is 48.1 Å². The zero-order valence-electron chi connectivity index (χ0n) is 27.7. The molecule has 0 aliphatic heterocycles. The smallest absolute Gasteiger partial charge is 0.408 e. The average Bonchev–Trinajstić information content (AvgIpc) is 2.93. The van der Waals surface area contributed by atoms with Crippen molar-refractivity contribution in [3.05, 3.63) is 59.2 Å². The number of alkyl carbamates (subject to hydrolysis) is 1. The summed E-state index contributed by atoms with van der Waals surface area (Å²) in [6.07, 6.45) is 4.95. The van der Waals surface area contributed by atoms with Gasteiger partial charge in [0.05, 0.1) is 7.11 Å². The molecule has 0 spiro atoms. The Balaban J connectivity index is 2.59. The van der Waals surface area contributed by atoms with Gasteiger partial charge in [-0.2, -0.15) is 0 Å². The zero-order valence-corrected chi connectivity index (χ0v) is 27.7. The van der Waals surface area contributed by atoms with Crippen LogP contribution < -0.4 is 15.4 Å². The fourth-order valence-electron chi connectivity index (χ4n) is 5.07. The standard InChI is InChI=1S/C35H53N3O5/c1-10-12-13-14-15-20-38(33(40)30(26(5)11-2)37-34(41)43-35(6,7)8)31(27-22-24(3)21-25(4)23-27)32(39)36-28-16-18-29(42-9)19-17-28/h16-19,21-23,26,30-31H,10-15,20H2,1-9H3,(H,36,39)(H,37,41). The van der Waals surface area contributed by atoms with Crippen molar-refractivity contribution in [3.63, 3.8) is 0 Å². The van der Waals surface area contributed by atoms with Crippen LogP contribution in [0.3, 0.4) is 0 Å². The number of benzene rings is 2. The van der Waals surface area contributed by atoms with Crippen LogP contribution in [0.15, 0.2) is 42.5 Å². The molecule has 0 aliphatic rings. The number of carbonyl (C=O) groups is 3. The first-order valence-corrected chi connectivity index (χ1v) is 15.6. The molecule has 8 nitrogen and oxygen atoms in total. The number of nitrogens with one attached hydrogen (secondary N) is 2. The maximum atomic E-state index is 14.5. The van der Waals surface area contributed by atoms with Crippen LogP contribution in [0.5, 0.6) is 5.75 Å². The molecule has 0 saturated heterocycles. The SMILES string of the molecule is CCCCCCCN(C(=O)C(NC(=O)OC(C)(C)C)C(C)CC)C(C(=O)Nc1ccc(OC)cc1)c1cc(C)cc(C)c1. The van der Waals surface area contributed by atoms with E-state index in [4.69, 9.17) is 9.47 Å². The molecule has 3 amide bonds. The third-order valence-electron chi connectivity index (χ3n) is 7.41. The van der Waals surface area contributed by atoms with Crippen molar-refractivity contribution >= 4 is 23.6 Å². The summed E-state index contributed by atoms with van der Waals surface area (Å²) in [5.41, 5.74) is 2.61. The Bertz CT molecular complexity index is 1170. The van der Waals surface area contributed by atoms with Gasteiger partial charge >= 0.3 is 6.09 Å². The largest absolute Gasteiger partial charge is 0.497 e. The third kappa shape index (κ3) is 11.6. The highest BCUT2D eigenvalue weighted by atomic mass is 16.6. The van der Waals surface area contributed by atoms with E-state index in [-0.39, 0.29) is 17.7 Å². The molecule has 0 saturated carbocycles. The number of nitrogens with zero attached hydrogens (tertiary/aromatic N) is 1. The summed E-state index contributed by atoms with van der Waals surface area (Å²) in [4.78, 5) is 43.3. The summed E-state index contributed by atoms with van der Waals surface area (Å²) >= 11 is 0. The fraction of sp³-hybridized carbons (Fsp3) is 0.571. The van der Waals surface area contributed by atoms with Gasteiger partial charge in [0, 0.05) is 12.2 Å². The van der Waals surface area contributed by atoms with Crippen molar-refractivity contribution in [2.45, 2.75) is 112 Å². The van der Waals surface area contributed by atoms with Crippen LogP contribution in [0.4, 0.5) is 10.5 Å². The molecular formula is C35H53N3O5. The zero-order chi connectivity index (χ0) is 32.2. The number of anilines is 1. The molecule has 238 valence electrons. The van der Waals surface area contributed by atoms with E-state index in [0.29, 0.717) is 24.4 Å². The predicted molar refractivity (Wildman–Crippen MR) is 173 cm³/mol. The van der Waals surface area contributed by atoms with E-state index in [1.165, 1.54) is 0 Å². The number of methoxy groups -OCH3 is 1.